The summed E-state index contributed by atoms with van der Waals surface area (Å²) in [6, 6.07) is 8.70. The third-order valence-electron chi connectivity index (χ3n) is 3.73. The first-order valence-electron chi connectivity index (χ1n) is 7.22. The Labute approximate surface area is 116 Å². The lowest BCUT2D eigenvalue weighted by atomic mass is 10.0. The van der Waals surface area contributed by atoms with E-state index in [0.717, 1.165) is 31.9 Å². The molecular formula is C16H25NO2. The van der Waals surface area contributed by atoms with E-state index in [2.05, 4.69) is 24.4 Å². The van der Waals surface area contributed by atoms with E-state index in [0.29, 0.717) is 12.0 Å². The van der Waals surface area contributed by atoms with Crippen LogP contribution in [-0.2, 0) is 11.2 Å². The van der Waals surface area contributed by atoms with E-state index in [4.69, 9.17) is 9.47 Å². The van der Waals surface area contributed by atoms with Crippen LogP contribution in [0.2, 0.25) is 0 Å². The lowest BCUT2D eigenvalue weighted by molar-refractivity contribution is 0.0540. The molecule has 1 saturated heterocycles. The van der Waals surface area contributed by atoms with Crippen LogP contribution >= 0.6 is 0 Å². The second kappa shape index (κ2) is 7.51. The van der Waals surface area contributed by atoms with E-state index in [1.165, 1.54) is 18.4 Å². The molecule has 1 aliphatic heterocycles. The van der Waals surface area contributed by atoms with Gasteiger partial charge in [0, 0.05) is 19.2 Å². The Hall–Kier alpha value is -1.06. The lowest BCUT2D eigenvalue weighted by Crippen LogP contribution is -2.35. The second-order valence-corrected chi connectivity index (χ2v) is 5.41. The van der Waals surface area contributed by atoms with Gasteiger partial charge in [-0.25, -0.2) is 0 Å². The first-order valence-corrected chi connectivity index (χ1v) is 7.22. The average Bonchev–Trinajstić information content (AvgIpc) is 2.47. The van der Waals surface area contributed by atoms with Gasteiger partial charge in [-0.2, -0.15) is 0 Å². The van der Waals surface area contributed by atoms with Crippen LogP contribution in [0.15, 0.2) is 24.3 Å². The molecule has 0 aromatic heterocycles. The van der Waals surface area contributed by atoms with Crippen LogP contribution in [0.3, 0.4) is 0 Å². The van der Waals surface area contributed by atoms with Gasteiger partial charge in [0.25, 0.3) is 0 Å². The summed E-state index contributed by atoms with van der Waals surface area (Å²) in [6.07, 6.45) is 3.49. The van der Waals surface area contributed by atoms with Crippen molar-refractivity contribution in [1.29, 1.82) is 0 Å². The maximum absolute atomic E-state index is 5.51. The molecule has 2 unspecified atom stereocenters. The van der Waals surface area contributed by atoms with Crippen molar-refractivity contribution in [3.63, 3.8) is 0 Å². The molecule has 1 N–H and O–H groups in total. The highest BCUT2D eigenvalue weighted by molar-refractivity contribution is 5.33. The highest BCUT2D eigenvalue weighted by Gasteiger charge is 2.15. The van der Waals surface area contributed by atoms with Gasteiger partial charge in [-0.15, -0.1) is 0 Å². The van der Waals surface area contributed by atoms with E-state index in [9.17, 15) is 0 Å². The third kappa shape index (κ3) is 4.51. The summed E-state index contributed by atoms with van der Waals surface area (Å²) in [4.78, 5) is 0. The number of para-hydroxylation sites is 1. The van der Waals surface area contributed by atoms with Crippen molar-refractivity contribution in [3.05, 3.63) is 29.8 Å². The smallest absolute Gasteiger partial charge is 0.122 e. The maximum Gasteiger partial charge on any atom is 0.122 e. The highest BCUT2D eigenvalue weighted by Crippen LogP contribution is 2.19. The summed E-state index contributed by atoms with van der Waals surface area (Å²) >= 11 is 0. The topological polar surface area (TPSA) is 30.5 Å². The van der Waals surface area contributed by atoms with Crippen molar-refractivity contribution in [1.82, 2.24) is 5.32 Å². The summed E-state index contributed by atoms with van der Waals surface area (Å²) in [5, 5.41) is 3.62. The van der Waals surface area contributed by atoms with Gasteiger partial charge in [-0.1, -0.05) is 18.2 Å². The minimum absolute atomic E-state index is 0.457. The maximum atomic E-state index is 5.51. The van der Waals surface area contributed by atoms with Gasteiger partial charge in [0.15, 0.2) is 0 Å². The Morgan fingerprint density at radius 2 is 2.26 bits per heavy atom. The summed E-state index contributed by atoms with van der Waals surface area (Å²) in [7, 11) is 1.73. The lowest BCUT2D eigenvalue weighted by Gasteiger charge is -2.24. The first-order chi connectivity index (χ1) is 9.29. The molecule has 0 saturated carbocycles. The Morgan fingerprint density at radius 3 is 3.00 bits per heavy atom. The van der Waals surface area contributed by atoms with E-state index >= 15 is 0 Å². The molecule has 2 atom stereocenters. The SMILES string of the molecule is COc1ccccc1CC(C)NCC1CCCOC1. The Kier molecular flexibility index (Phi) is 5.67. The number of methoxy groups -OCH3 is 1. The molecular weight excluding hydrogens is 238 g/mol. The van der Waals surface area contributed by atoms with Crippen molar-refractivity contribution in [2.45, 2.75) is 32.2 Å². The van der Waals surface area contributed by atoms with E-state index in [1.54, 1.807) is 7.11 Å². The standard InChI is InChI=1S/C16H25NO2/c1-13(17-11-14-6-5-9-19-12-14)10-15-7-3-4-8-16(15)18-2/h3-4,7-8,13-14,17H,5-6,9-12H2,1-2H3. The molecule has 19 heavy (non-hydrogen) atoms. The number of benzene rings is 1. The molecule has 1 aromatic rings. The van der Waals surface area contributed by atoms with Crippen LogP contribution < -0.4 is 10.1 Å². The van der Waals surface area contributed by atoms with Gasteiger partial charge >= 0.3 is 0 Å². The molecule has 0 radical (unpaired) electrons. The van der Waals surface area contributed by atoms with Crippen molar-refractivity contribution in [2.75, 3.05) is 26.9 Å². The van der Waals surface area contributed by atoms with Crippen molar-refractivity contribution in [3.8, 4) is 5.75 Å². The normalized spacial score (nSPS) is 21.1. The second-order valence-electron chi connectivity index (χ2n) is 5.41. The molecule has 0 spiro atoms. The fraction of sp³-hybridized carbons (Fsp3) is 0.625. The largest absolute Gasteiger partial charge is 0.496 e. The van der Waals surface area contributed by atoms with E-state index in [1.807, 2.05) is 12.1 Å². The zero-order chi connectivity index (χ0) is 13.5. The number of nitrogens with one attached hydrogen (secondary N) is 1. The molecule has 3 heteroatoms. The van der Waals surface area contributed by atoms with Crippen LogP contribution in [0.4, 0.5) is 0 Å². The molecule has 1 aromatic carbocycles. The predicted molar refractivity (Wildman–Crippen MR) is 77.7 cm³/mol. The summed E-state index contributed by atoms with van der Waals surface area (Å²) in [5.41, 5.74) is 1.27. The molecule has 3 nitrogen and oxygen atoms in total. The Balaban J connectivity index is 1.78. The molecule has 106 valence electrons. The molecule has 0 aliphatic carbocycles. The molecule has 1 fully saturated rings. The number of ether oxygens (including phenoxy) is 2. The van der Waals surface area contributed by atoms with Gasteiger partial charge in [0.1, 0.15) is 5.75 Å². The number of rotatable bonds is 6. The predicted octanol–water partition coefficient (Wildman–Crippen LogP) is 2.64. The van der Waals surface area contributed by atoms with E-state index < -0.39 is 0 Å². The molecule has 0 bridgehead atoms. The van der Waals surface area contributed by atoms with E-state index in [-0.39, 0.29) is 0 Å². The van der Waals surface area contributed by atoms with Gasteiger partial charge < -0.3 is 14.8 Å². The summed E-state index contributed by atoms with van der Waals surface area (Å²) in [5.74, 6) is 1.66. The fourth-order valence-corrected chi connectivity index (χ4v) is 2.61. The van der Waals surface area contributed by atoms with Gasteiger partial charge in [-0.3, -0.25) is 0 Å². The molecule has 0 amide bonds. The highest BCUT2D eigenvalue weighted by atomic mass is 16.5. The zero-order valence-electron chi connectivity index (χ0n) is 12.0. The van der Waals surface area contributed by atoms with Crippen LogP contribution in [-0.4, -0.2) is 32.9 Å². The zero-order valence-corrected chi connectivity index (χ0v) is 12.0. The minimum atomic E-state index is 0.457. The molecule has 1 aliphatic rings. The fourth-order valence-electron chi connectivity index (χ4n) is 2.61. The monoisotopic (exact) mass is 263 g/mol. The average molecular weight is 263 g/mol. The van der Waals surface area contributed by atoms with Crippen LogP contribution in [0, 0.1) is 5.92 Å². The van der Waals surface area contributed by atoms with Crippen LogP contribution in [0.5, 0.6) is 5.75 Å². The quantitative estimate of drug-likeness (QED) is 0.856. The van der Waals surface area contributed by atoms with Gasteiger partial charge in [-0.05, 0) is 43.7 Å². The molecule has 1 heterocycles. The summed E-state index contributed by atoms with van der Waals surface area (Å²) < 4.78 is 10.9. The van der Waals surface area contributed by atoms with Crippen LogP contribution in [0.25, 0.3) is 0 Å². The van der Waals surface area contributed by atoms with Crippen LogP contribution in [0.1, 0.15) is 25.3 Å². The summed E-state index contributed by atoms with van der Waals surface area (Å²) in [6.45, 7) is 5.13. The van der Waals surface area contributed by atoms with Gasteiger partial charge in [0.2, 0.25) is 0 Å². The molecule has 2 rings (SSSR count). The number of hydrogen-bond donors (Lipinski definition) is 1. The Bertz CT molecular complexity index is 375. The minimum Gasteiger partial charge on any atom is -0.496 e. The number of hydrogen-bond acceptors (Lipinski definition) is 3. The van der Waals surface area contributed by atoms with Crippen molar-refractivity contribution >= 4 is 0 Å². The van der Waals surface area contributed by atoms with Gasteiger partial charge in [0.05, 0.1) is 13.7 Å². The van der Waals surface area contributed by atoms with Crippen molar-refractivity contribution in [2.24, 2.45) is 5.92 Å². The Morgan fingerprint density at radius 1 is 1.42 bits per heavy atom. The third-order valence-corrected chi connectivity index (χ3v) is 3.73. The first kappa shape index (κ1) is 14.4. The van der Waals surface area contributed by atoms with Crippen molar-refractivity contribution < 1.29 is 9.47 Å².